The van der Waals surface area contributed by atoms with Gasteiger partial charge in [-0.1, -0.05) is 12.1 Å². The van der Waals surface area contributed by atoms with Gasteiger partial charge in [-0.15, -0.1) is 0 Å². The molecule has 1 N–H and O–H groups in total. The van der Waals surface area contributed by atoms with Crippen molar-refractivity contribution in [1.82, 2.24) is 4.98 Å². The fraction of sp³-hybridized carbons (Fsp3) is 0.125. The van der Waals surface area contributed by atoms with Gasteiger partial charge in [0, 0.05) is 19.2 Å². The first-order valence-electron chi connectivity index (χ1n) is 7.01. The summed E-state index contributed by atoms with van der Waals surface area (Å²) < 4.78 is 10.4. The molecule has 24 heavy (non-hydrogen) atoms. The maximum absolute atomic E-state index is 11.7. The number of anilines is 1. The number of fused-ring (bicyclic) bond motifs is 1. The number of carbonyl (C=O) groups excluding carboxylic acids is 1. The van der Waals surface area contributed by atoms with E-state index in [-0.39, 0.29) is 24.1 Å². The van der Waals surface area contributed by atoms with Crippen molar-refractivity contribution in [3.63, 3.8) is 0 Å². The number of nitrogens with one attached hydrogen (secondary N) is 1. The van der Waals surface area contributed by atoms with E-state index < -0.39 is 4.92 Å². The van der Waals surface area contributed by atoms with Gasteiger partial charge in [0.15, 0.2) is 5.58 Å². The second kappa shape index (κ2) is 6.47. The normalized spacial score (nSPS) is 10.7. The molecule has 1 amide bonds. The number of aromatic nitrogens is 1. The molecule has 0 aliphatic carbocycles. The number of rotatable bonds is 5. The third-order valence-corrected chi connectivity index (χ3v) is 3.29. The van der Waals surface area contributed by atoms with Crippen LogP contribution in [0.2, 0.25) is 0 Å². The van der Waals surface area contributed by atoms with Crippen molar-refractivity contribution < 1.29 is 18.9 Å². The summed E-state index contributed by atoms with van der Waals surface area (Å²) in [5.74, 6) is -0.0458. The molecule has 1 heterocycles. The summed E-state index contributed by atoms with van der Waals surface area (Å²) in [6.07, 6.45) is 0. The second-order valence-electron chi connectivity index (χ2n) is 4.95. The number of nitro benzene ring substituents is 1. The van der Waals surface area contributed by atoms with Gasteiger partial charge in [-0.05, 0) is 18.2 Å². The number of ether oxygens (including phenoxy) is 1. The lowest BCUT2D eigenvalue weighted by Crippen LogP contribution is -2.17. The molecule has 0 saturated carbocycles. The van der Waals surface area contributed by atoms with Crippen LogP contribution in [0, 0.1) is 10.1 Å². The molecule has 0 spiro atoms. The Morgan fingerprint density at radius 3 is 2.88 bits per heavy atom. The Hall–Kier alpha value is -3.26. The molecule has 2 aromatic carbocycles. The predicted octanol–water partition coefficient (Wildman–Crippen LogP) is 2.99. The zero-order chi connectivity index (χ0) is 17.1. The van der Waals surface area contributed by atoms with Crippen LogP contribution in [0.25, 0.3) is 22.6 Å². The van der Waals surface area contributed by atoms with Gasteiger partial charge < -0.3 is 14.5 Å². The fourth-order valence-electron chi connectivity index (χ4n) is 2.24. The van der Waals surface area contributed by atoms with Crippen molar-refractivity contribution in [2.24, 2.45) is 0 Å². The average Bonchev–Trinajstić information content (AvgIpc) is 2.98. The molecule has 0 fully saturated rings. The smallest absolute Gasteiger partial charge is 0.271 e. The number of oxazole rings is 1. The van der Waals surface area contributed by atoms with E-state index in [0.717, 1.165) is 0 Å². The zero-order valence-electron chi connectivity index (χ0n) is 12.7. The molecule has 0 aliphatic heterocycles. The van der Waals surface area contributed by atoms with E-state index in [1.807, 2.05) is 0 Å². The van der Waals surface area contributed by atoms with Crippen LogP contribution in [-0.4, -0.2) is 29.5 Å². The monoisotopic (exact) mass is 327 g/mol. The Labute approximate surface area is 136 Å². The number of carbonyl (C=O) groups is 1. The van der Waals surface area contributed by atoms with Crippen LogP contribution in [0.1, 0.15) is 0 Å². The Morgan fingerprint density at radius 2 is 2.12 bits per heavy atom. The van der Waals surface area contributed by atoms with E-state index in [1.54, 1.807) is 24.3 Å². The van der Waals surface area contributed by atoms with Crippen molar-refractivity contribution in [3.05, 3.63) is 52.6 Å². The lowest BCUT2D eigenvalue weighted by atomic mass is 10.1. The summed E-state index contributed by atoms with van der Waals surface area (Å²) in [6.45, 7) is -0.0753. The number of benzene rings is 2. The van der Waals surface area contributed by atoms with Crippen molar-refractivity contribution in [2.75, 3.05) is 19.0 Å². The molecule has 8 nitrogen and oxygen atoms in total. The SMILES string of the molecule is COCC(=O)Nc1ccccc1-c1nc2cc([N+](=O)[O-])ccc2o1. The molecule has 0 saturated heterocycles. The van der Waals surface area contributed by atoms with E-state index in [1.165, 1.54) is 25.3 Å². The number of methoxy groups -OCH3 is 1. The number of hydrogen-bond acceptors (Lipinski definition) is 6. The molecule has 122 valence electrons. The summed E-state index contributed by atoms with van der Waals surface area (Å²) in [7, 11) is 1.43. The summed E-state index contributed by atoms with van der Waals surface area (Å²) >= 11 is 0. The topological polar surface area (TPSA) is 108 Å². The summed E-state index contributed by atoms with van der Waals surface area (Å²) in [5.41, 5.74) is 1.82. The predicted molar refractivity (Wildman–Crippen MR) is 86.6 cm³/mol. The number of amides is 1. The van der Waals surface area contributed by atoms with Crippen LogP contribution in [0.3, 0.4) is 0 Å². The Balaban J connectivity index is 2.01. The molecule has 3 rings (SSSR count). The molecular weight excluding hydrogens is 314 g/mol. The average molecular weight is 327 g/mol. The first kappa shape index (κ1) is 15.6. The highest BCUT2D eigenvalue weighted by molar-refractivity contribution is 5.95. The quantitative estimate of drug-likeness (QED) is 0.570. The zero-order valence-corrected chi connectivity index (χ0v) is 12.7. The maximum atomic E-state index is 11.7. The minimum absolute atomic E-state index is 0.0657. The molecule has 1 aromatic heterocycles. The standard InChI is InChI=1S/C16H13N3O5/c1-23-9-15(20)17-12-5-3-2-4-11(12)16-18-13-8-10(19(21)22)6-7-14(13)24-16/h2-8H,9H2,1H3,(H,17,20). The maximum Gasteiger partial charge on any atom is 0.271 e. The van der Waals surface area contributed by atoms with Crippen LogP contribution < -0.4 is 5.32 Å². The molecule has 0 atom stereocenters. The van der Waals surface area contributed by atoms with Gasteiger partial charge in [0.1, 0.15) is 12.1 Å². The molecule has 0 radical (unpaired) electrons. The summed E-state index contributed by atoms with van der Waals surface area (Å²) in [5, 5.41) is 13.6. The largest absolute Gasteiger partial charge is 0.436 e. The first-order chi connectivity index (χ1) is 11.6. The van der Waals surface area contributed by atoms with Gasteiger partial charge in [-0.2, -0.15) is 0 Å². The number of non-ortho nitro benzene ring substituents is 1. The minimum Gasteiger partial charge on any atom is -0.436 e. The Morgan fingerprint density at radius 1 is 1.33 bits per heavy atom. The lowest BCUT2D eigenvalue weighted by Gasteiger charge is -2.08. The lowest BCUT2D eigenvalue weighted by molar-refractivity contribution is -0.384. The highest BCUT2D eigenvalue weighted by Gasteiger charge is 2.16. The minimum atomic E-state index is -0.493. The van der Waals surface area contributed by atoms with Crippen molar-refractivity contribution >= 4 is 28.4 Å². The van der Waals surface area contributed by atoms with E-state index in [2.05, 4.69) is 10.3 Å². The van der Waals surface area contributed by atoms with Crippen LogP contribution in [0.4, 0.5) is 11.4 Å². The Bertz CT molecular complexity index is 919. The van der Waals surface area contributed by atoms with Gasteiger partial charge in [0.2, 0.25) is 11.8 Å². The number of para-hydroxylation sites is 1. The number of nitro groups is 1. The number of nitrogens with zero attached hydrogens (tertiary/aromatic N) is 2. The highest BCUT2D eigenvalue weighted by atomic mass is 16.6. The van der Waals surface area contributed by atoms with Crippen molar-refractivity contribution in [3.8, 4) is 11.5 Å². The molecule has 0 aliphatic rings. The van der Waals surface area contributed by atoms with Crippen molar-refractivity contribution in [2.45, 2.75) is 0 Å². The van der Waals surface area contributed by atoms with Crippen LogP contribution in [0.5, 0.6) is 0 Å². The van der Waals surface area contributed by atoms with Crippen molar-refractivity contribution in [1.29, 1.82) is 0 Å². The second-order valence-corrected chi connectivity index (χ2v) is 4.95. The van der Waals surface area contributed by atoms with E-state index in [0.29, 0.717) is 22.4 Å². The van der Waals surface area contributed by atoms with E-state index >= 15 is 0 Å². The molecular formula is C16H13N3O5. The van der Waals surface area contributed by atoms with Gasteiger partial charge in [-0.25, -0.2) is 4.98 Å². The molecule has 3 aromatic rings. The third-order valence-electron chi connectivity index (χ3n) is 3.29. The highest BCUT2D eigenvalue weighted by Crippen LogP contribution is 2.31. The Kier molecular flexibility index (Phi) is 4.21. The van der Waals surface area contributed by atoms with Gasteiger partial charge in [-0.3, -0.25) is 14.9 Å². The summed E-state index contributed by atoms with van der Waals surface area (Å²) in [4.78, 5) is 26.4. The molecule has 0 bridgehead atoms. The van der Waals surface area contributed by atoms with Gasteiger partial charge in [0.05, 0.1) is 16.2 Å². The van der Waals surface area contributed by atoms with Gasteiger partial charge >= 0.3 is 0 Å². The van der Waals surface area contributed by atoms with E-state index in [4.69, 9.17) is 9.15 Å². The van der Waals surface area contributed by atoms with Gasteiger partial charge in [0.25, 0.3) is 5.69 Å². The third kappa shape index (κ3) is 3.08. The van der Waals surface area contributed by atoms with Crippen LogP contribution in [0.15, 0.2) is 46.9 Å². The number of hydrogen-bond donors (Lipinski definition) is 1. The first-order valence-corrected chi connectivity index (χ1v) is 7.01. The van der Waals surface area contributed by atoms with Crippen LogP contribution >= 0.6 is 0 Å². The van der Waals surface area contributed by atoms with E-state index in [9.17, 15) is 14.9 Å². The van der Waals surface area contributed by atoms with Crippen LogP contribution in [-0.2, 0) is 9.53 Å². The summed E-state index contributed by atoms with van der Waals surface area (Å²) in [6, 6.07) is 11.2. The molecule has 8 heteroatoms. The fourth-order valence-corrected chi connectivity index (χ4v) is 2.24. The molecule has 0 unspecified atom stereocenters.